The van der Waals surface area contributed by atoms with Gasteiger partial charge in [-0.3, -0.25) is 18.6 Å². The fourth-order valence-corrected chi connectivity index (χ4v) is 3.74. The number of halogens is 1. The molecule has 0 radical (unpaired) electrons. The third kappa shape index (κ3) is 4.73. The van der Waals surface area contributed by atoms with E-state index in [2.05, 4.69) is 15.5 Å². The number of anilines is 1. The van der Waals surface area contributed by atoms with Crippen molar-refractivity contribution in [3.05, 3.63) is 76.3 Å². The van der Waals surface area contributed by atoms with Crippen LogP contribution in [0.4, 0.5) is 5.69 Å². The van der Waals surface area contributed by atoms with E-state index in [9.17, 15) is 9.59 Å². The number of carbonyl (C=O) groups excluding carboxylic acids is 1. The monoisotopic (exact) mass is 455 g/mol. The van der Waals surface area contributed by atoms with Crippen LogP contribution in [0, 0.1) is 0 Å². The van der Waals surface area contributed by atoms with Crippen LogP contribution in [-0.2, 0) is 4.79 Å². The number of benzene rings is 2. The molecule has 1 N–H and O–H groups in total. The average molecular weight is 456 g/mol. The van der Waals surface area contributed by atoms with Crippen molar-refractivity contribution in [2.24, 2.45) is 0 Å². The molecule has 0 bridgehead atoms. The zero-order valence-corrected chi connectivity index (χ0v) is 18.1. The van der Waals surface area contributed by atoms with Crippen molar-refractivity contribution >= 4 is 40.6 Å². The highest BCUT2D eigenvalue weighted by molar-refractivity contribution is 7.99. The van der Waals surface area contributed by atoms with Crippen molar-refractivity contribution < 1.29 is 9.53 Å². The second kappa shape index (κ2) is 9.23. The number of amides is 1. The van der Waals surface area contributed by atoms with Crippen LogP contribution in [0.2, 0.25) is 5.02 Å². The molecule has 158 valence electrons. The van der Waals surface area contributed by atoms with Crippen LogP contribution in [0.5, 0.6) is 5.75 Å². The Labute approximate surface area is 186 Å². The SMILES string of the molecule is CCOc1ccc(-n2ccn3c(SCC(=O)Nc4ccc(Cl)cc4)nnc3c2=O)cc1. The number of hydrogen-bond donors (Lipinski definition) is 1. The van der Waals surface area contributed by atoms with Gasteiger partial charge in [-0.15, -0.1) is 10.2 Å². The summed E-state index contributed by atoms with van der Waals surface area (Å²) in [6.45, 7) is 2.48. The Morgan fingerprint density at radius 1 is 1.10 bits per heavy atom. The lowest BCUT2D eigenvalue weighted by Crippen LogP contribution is -2.20. The summed E-state index contributed by atoms with van der Waals surface area (Å²) in [6, 6.07) is 14.1. The van der Waals surface area contributed by atoms with Gasteiger partial charge in [0.2, 0.25) is 11.6 Å². The largest absolute Gasteiger partial charge is 0.494 e. The molecular weight excluding hydrogens is 438 g/mol. The topological polar surface area (TPSA) is 90.5 Å². The van der Waals surface area contributed by atoms with E-state index in [1.54, 1.807) is 65.3 Å². The van der Waals surface area contributed by atoms with Gasteiger partial charge in [-0.2, -0.15) is 0 Å². The summed E-state index contributed by atoms with van der Waals surface area (Å²) in [5.41, 5.74) is 1.21. The van der Waals surface area contributed by atoms with E-state index in [0.29, 0.717) is 28.2 Å². The van der Waals surface area contributed by atoms with Crippen LogP contribution in [0.3, 0.4) is 0 Å². The number of carbonyl (C=O) groups is 1. The van der Waals surface area contributed by atoms with E-state index < -0.39 is 0 Å². The van der Waals surface area contributed by atoms with Gasteiger partial charge in [0, 0.05) is 28.8 Å². The molecule has 2 aromatic carbocycles. The van der Waals surface area contributed by atoms with Gasteiger partial charge in [-0.1, -0.05) is 23.4 Å². The maximum Gasteiger partial charge on any atom is 0.300 e. The van der Waals surface area contributed by atoms with Crippen molar-refractivity contribution in [1.29, 1.82) is 0 Å². The number of nitrogens with one attached hydrogen (secondary N) is 1. The molecule has 2 heterocycles. The highest BCUT2D eigenvalue weighted by atomic mass is 35.5. The van der Waals surface area contributed by atoms with Crippen molar-refractivity contribution in [1.82, 2.24) is 19.2 Å². The van der Waals surface area contributed by atoms with Gasteiger partial charge in [0.25, 0.3) is 0 Å². The Balaban J connectivity index is 1.49. The first-order valence-corrected chi connectivity index (χ1v) is 10.8. The standard InChI is InChI=1S/C21H18ClN5O3S/c1-2-30-17-9-7-16(8-10-17)26-11-12-27-19(20(26)29)24-25-21(27)31-13-18(28)23-15-5-3-14(22)4-6-15/h3-12H,2,13H2,1H3,(H,23,28). The number of aromatic nitrogens is 4. The normalized spacial score (nSPS) is 10.9. The molecular formula is C21H18ClN5O3S. The third-order valence-corrected chi connectivity index (χ3v) is 5.52. The first-order valence-electron chi connectivity index (χ1n) is 9.43. The minimum Gasteiger partial charge on any atom is -0.494 e. The molecule has 0 unspecified atom stereocenters. The van der Waals surface area contributed by atoms with Crippen LogP contribution in [-0.4, -0.2) is 37.4 Å². The molecule has 31 heavy (non-hydrogen) atoms. The third-order valence-electron chi connectivity index (χ3n) is 4.33. The smallest absolute Gasteiger partial charge is 0.300 e. The Hall–Kier alpha value is -3.30. The first-order chi connectivity index (χ1) is 15.0. The number of thioether (sulfide) groups is 1. The summed E-state index contributed by atoms with van der Waals surface area (Å²) >= 11 is 7.04. The van der Waals surface area contributed by atoms with Crippen LogP contribution < -0.4 is 15.6 Å². The number of rotatable bonds is 7. The number of nitrogens with zero attached hydrogens (tertiary/aromatic N) is 4. The van der Waals surface area contributed by atoms with E-state index in [-0.39, 0.29) is 22.9 Å². The quantitative estimate of drug-likeness (QED) is 0.428. The summed E-state index contributed by atoms with van der Waals surface area (Å²) in [5.74, 6) is 0.649. The van der Waals surface area contributed by atoms with Gasteiger partial charge in [-0.05, 0) is 55.5 Å². The lowest BCUT2D eigenvalue weighted by atomic mass is 10.3. The van der Waals surface area contributed by atoms with Crippen molar-refractivity contribution in [2.75, 3.05) is 17.7 Å². The maximum absolute atomic E-state index is 12.9. The first kappa shape index (κ1) is 21.0. The fourth-order valence-electron chi connectivity index (χ4n) is 2.90. The summed E-state index contributed by atoms with van der Waals surface area (Å²) in [4.78, 5) is 25.1. The molecule has 4 aromatic rings. The van der Waals surface area contributed by atoms with E-state index in [0.717, 1.165) is 5.75 Å². The number of fused-ring (bicyclic) bond motifs is 1. The van der Waals surface area contributed by atoms with E-state index >= 15 is 0 Å². The Kier molecular flexibility index (Phi) is 6.24. The number of hydrogen-bond acceptors (Lipinski definition) is 6. The molecule has 0 aliphatic heterocycles. The highest BCUT2D eigenvalue weighted by Gasteiger charge is 2.14. The van der Waals surface area contributed by atoms with Gasteiger partial charge >= 0.3 is 5.56 Å². The predicted octanol–water partition coefficient (Wildman–Crippen LogP) is 3.66. The van der Waals surface area contributed by atoms with Crippen molar-refractivity contribution in [3.63, 3.8) is 0 Å². The zero-order valence-electron chi connectivity index (χ0n) is 16.5. The van der Waals surface area contributed by atoms with Gasteiger partial charge in [0.1, 0.15) is 5.75 Å². The predicted molar refractivity (Wildman–Crippen MR) is 121 cm³/mol. The second-order valence-electron chi connectivity index (χ2n) is 6.42. The van der Waals surface area contributed by atoms with Crippen molar-refractivity contribution in [2.45, 2.75) is 12.1 Å². The van der Waals surface area contributed by atoms with Crippen LogP contribution in [0.15, 0.2) is 70.9 Å². The molecule has 1 amide bonds. The van der Waals surface area contributed by atoms with Crippen LogP contribution in [0.25, 0.3) is 11.3 Å². The molecule has 8 nitrogen and oxygen atoms in total. The van der Waals surface area contributed by atoms with Crippen LogP contribution >= 0.6 is 23.4 Å². The summed E-state index contributed by atoms with van der Waals surface area (Å²) in [5, 5.41) is 11.9. The molecule has 4 rings (SSSR count). The summed E-state index contributed by atoms with van der Waals surface area (Å²) < 4.78 is 8.50. The van der Waals surface area contributed by atoms with Gasteiger partial charge in [-0.25, -0.2) is 0 Å². The van der Waals surface area contributed by atoms with E-state index in [1.807, 2.05) is 6.92 Å². The molecule has 0 aliphatic carbocycles. The molecule has 2 aromatic heterocycles. The maximum atomic E-state index is 12.9. The van der Waals surface area contributed by atoms with Crippen molar-refractivity contribution in [3.8, 4) is 11.4 Å². The molecule has 0 saturated heterocycles. The Bertz CT molecular complexity index is 1270. The number of ether oxygens (including phenoxy) is 1. The van der Waals surface area contributed by atoms with E-state index in [1.165, 1.54) is 16.3 Å². The highest BCUT2D eigenvalue weighted by Crippen LogP contribution is 2.19. The zero-order chi connectivity index (χ0) is 21.8. The van der Waals surface area contributed by atoms with E-state index in [4.69, 9.17) is 16.3 Å². The van der Waals surface area contributed by atoms with Gasteiger partial charge in [0.15, 0.2) is 5.16 Å². The fraction of sp³-hybridized carbons (Fsp3) is 0.143. The molecule has 0 atom stereocenters. The average Bonchev–Trinajstić information content (AvgIpc) is 3.19. The molecule has 0 saturated carbocycles. The van der Waals surface area contributed by atoms with Gasteiger partial charge < -0.3 is 10.1 Å². The minimum atomic E-state index is -0.309. The molecule has 0 aliphatic rings. The Morgan fingerprint density at radius 3 is 2.55 bits per heavy atom. The molecule has 10 heteroatoms. The molecule has 0 spiro atoms. The minimum absolute atomic E-state index is 0.116. The molecule has 0 fully saturated rings. The summed E-state index contributed by atoms with van der Waals surface area (Å²) in [6.07, 6.45) is 3.35. The lowest BCUT2D eigenvalue weighted by molar-refractivity contribution is -0.113. The van der Waals surface area contributed by atoms with Gasteiger partial charge in [0.05, 0.1) is 12.4 Å². The lowest BCUT2D eigenvalue weighted by Gasteiger charge is -2.08. The van der Waals surface area contributed by atoms with Crippen LogP contribution in [0.1, 0.15) is 6.92 Å². The second-order valence-corrected chi connectivity index (χ2v) is 7.80. The Morgan fingerprint density at radius 2 is 1.84 bits per heavy atom. The summed E-state index contributed by atoms with van der Waals surface area (Å²) in [7, 11) is 0.